The van der Waals surface area contributed by atoms with Gasteiger partial charge < -0.3 is 20.3 Å². The van der Waals surface area contributed by atoms with E-state index in [4.69, 9.17) is 4.74 Å². The number of carbonyl (C=O) groups is 2. The Bertz CT molecular complexity index is 880. The maximum absolute atomic E-state index is 12.7. The fourth-order valence-electron chi connectivity index (χ4n) is 3.86. The average Bonchev–Trinajstić information content (AvgIpc) is 2.78. The average molecular weight is 424 g/mol. The number of nitrogens with zero attached hydrogens (tertiary/aromatic N) is 1. The maximum atomic E-state index is 12.7. The first-order chi connectivity index (χ1) is 15.0. The van der Waals surface area contributed by atoms with Crippen LogP contribution in [-0.4, -0.2) is 42.6 Å². The summed E-state index contributed by atoms with van der Waals surface area (Å²) >= 11 is 0. The van der Waals surface area contributed by atoms with E-state index < -0.39 is 0 Å². The molecule has 1 heterocycles. The maximum Gasteiger partial charge on any atom is 0.317 e. The van der Waals surface area contributed by atoms with Gasteiger partial charge in [0.2, 0.25) is 0 Å². The van der Waals surface area contributed by atoms with Gasteiger partial charge in [-0.25, -0.2) is 4.79 Å². The molecule has 31 heavy (non-hydrogen) atoms. The van der Waals surface area contributed by atoms with Crippen molar-refractivity contribution in [1.82, 2.24) is 15.5 Å². The zero-order valence-electron chi connectivity index (χ0n) is 18.7. The molecule has 3 amide bonds. The number of rotatable bonds is 7. The highest BCUT2D eigenvalue weighted by molar-refractivity contribution is 5.94. The SMILES string of the molecule is CCOc1ccc(CNC(=O)c2cccc([C@H]3CCCN(C(=O)NC(C)C)C3)c2)cc1. The monoisotopic (exact) mass is 423 g/mol. The Kier molecular flexibility index (Phi) is 7.93. The third-order valence-corrected chi connectivity index (χ3v) is 5.43. The molecule has 6 heteroatoms. The number of piperidine rings is 1. The van der Waals surface area contributed by atoms with E-state index in [2.05, 4.69) is 16.7 Å². The van der Waals surface area contributed by atoms with Crippen LogP contribution in [0.15, 0.2) is 48.5 Å². The minimum atomic E-state index is -0.0963. The third-order valence-electron chi connectivity index (χ3n) is 5.43. The number of amides is 3. The molecule has 1 aliphatic rings. The van der Waals surface area contributed by atoms with Gasteiger partial charge in [-0.3, -0.25) is 4.79 Å². The van der Waals surface area contributed by atoms with Gasteiger partial charge in [-0.15, -0.1) is 0 Å². The Hall–Kier alpha value is -3.02. The minimum Gasteiger partial charge on any atom is -0.494 e. The predicted molar refractivity (Wildman–Crippen MR) is 122 cm³/mol. The lowest BCUT2D eigenvalue weighted by Gasteiger charge is -2.33. The van der Waals surface area contributed by atoms with Crippen molar-refractivity contribution in [3.8, 4) is 5.75 Å². The lowest BCUT2D eigenvalue weighted by molar-refractivity contribution is 0.0950. The fraction of sp³-hybridized carbons (Fsp3) is 0.440. The molecular weight excluding hydrogens is 390 g/mol. The highest BCUT2D eigenvalue weighted by atomic mass is 16.5. The van der Waals surface area contributed by atoms with Gasteiger partial charge in [0.25, 0.3) is 5.91 Å². The van der Waals surface area contributed by atoms with Gasteiger partial charge in [-0.2, -0.15) is 0 Å². The van der Waals surface area contributed by atoms with Crippen LogP contribution >= 0.6 is 0 Å². The molecule has 2 N–H and O–H groups in total. The summed E-state index contributed by atoms with van der Waals surface area (Å²) in [4.78, 5) is 27.0. The van der Waals surface area contributed by atoms with Gasteiger partial charge in [-0.05, 0) is 69.0 Å². The van der Waals surface area contributed by atoms with Crippen LogP contribution in [0.3, 0.4) is 0 Å². The van der Waals surface area contributed by atoms with E-state index in [1.54, 1.807) is 0 Å². The van der Waals surface area contributed by atoms with Crippen LogP contribution in [-0.2, 0) is 6.54 Å². The molecule has 0 aromatic heterocycles. The number of likely N-dealkylation sites (tertiary alicyclic amines) is 1. The highest BCUT2D eigenvalue weighted by Crippen LogP contribution is 2.27. The topological polar surface area (TPSA) is 70.7 Å². The molecule has 0 radical (unpaired) electrons. The Balaban J connectivity index is 1.60. The molecule has 2 aromatic rings. The molecule has 2 aromatic carbocycles. The number of nitrogens with one attached hydrogen (secondary N) is 2. The third kappa shape index (κ3) is 6.48. The van der Waals surface area contributed by atoms with Crippen molar-refractivity contribution in [3.63, 3.8) is 0 Å². The van der Waals surface area contributed by atoms with Crippen molar-refractivity contribution in [2.24, 2.45) is 0 Å². The second-order valence-electron chi connectivity index (χ2n) is 8.27. The summed E-state index contributed by atoms with van der Waals surface area (Å²) in [5.41, 5.74) is 2.77. The largest absolute Gasteiger partial charge is 0.494 e. The van der Waals surface area contributed by atoms with Gasteiger partial charge in [0.15, 0.2) is 0 Å². The lowest BCUT2D eigenvalue weighted by Crippen LogP contribution is -2.47. The van der Waals surface area contributed by atoms with E-state index in [0.29, 0.717) is 25.3 Å². The predicted octanol–water partition coefficient (Wildman–Crippen LogP) is 4.31. The highest BCUT2D eigenvalue weighted by Gasteiger charge is 2.25. The molecule has 6 nitrogen and oxygen atoms in total. The lowest BCUT2D eigenvalue weighted by atomic mass is 9.89. The molecule has 3 rings (SSSR count). The number of benzene rings is 2. The van der Waals surface area contributed by atoms with E-state index in [1.165, 1.54) is 0 Å². The molecule has 1 saturated heterocycles. The summed E-state index contributed by atoms with van der Waals surface area (Å²) in [6, 6.07) is 15.6. The Morgan fingerprint density at radius 1 is 1.16 bits per heavy atom. The normalized spacial score (nSPS) is 16.1. The summed E-state index contributed by atoms with van der Waals surface area (Å²) in [7, 11) is 0. The number of ether oxygens (including phenoxy) is 1. The van der Waals surface area contributed by atoms with Crippen LogP contribution in [0, 0.1) is 0 Å². The molecule has 0 aliphatic carbocycles. The second kappa shape index (κ2) is 10.8. The Morgan fingerprint density at radius 2 is 1.94 bits per heavy atom. The molecule has 0 unspecified atom stereocenters. The van der Waals surface area contributed by atoms with E-state index in [0.717, 1.165) is 36.3 Å². The first-order valence-corrected chi connectivity index (χ1v) is 11.1. The van der Waals surface area contributed by atoms with E-state index in [1.807, 2.05) is 68.1 Å². The van der Waals surface area contributed by atoms with E-state index >= 15 is 0 Å². The van der Waals surface area contributed by atoms with Gasteiger partial charge in [0, 0.05) is 37.2 Å². The van der Waals surface area contributed by atoms with Crippen LogP contribution in [0.1, 0.15) is 61.0 Å². The van der Waals surface area contributed by atoms with Gasteiger partial charge in [0.1, 0.15) is 5.75 Å². The zero-order valence-corrected chi connectivity index (χ0v) is 18.7. The summed E-state index contributed by atoms with van der Waals surface area (Å²) in [5.74, 6) is 0.973. The molecule has 0 spiro atoms. The number of urea groups is 1. The van der Waals surface area contributed by atoms with Crippen LogP contribution < -0.4 is 15.4 Å². The molecule has 1 fully saturated rings. The summed E-state index contributed by atoms with van der Waals surface area (Å²) in [6.45, 7) is 8.43. The Morgan fingerprint density at radius 3 is 2.65 bits per heavy atom. The standard InChI is InChI=1S/C25H33N3O3/c1-4-31-23-12-10-19(11-13-23)16-26-24(29)21-8-5-7-20(15-21)22-9-6-14-28(17-22)25(30)27-18(2)3/h5,7-8,10-13,15,18,22H,4,6,9,14,16-17H2,1-3H3,(H,26,29)(H,27,30)/t22-/m0/s1. The van der Waals surface area contributed by atoms with Crippen molar-refractivity contribution in [2.75, 3.05) is 19.7 Å². The zero-order chi connectivity index (χ0) is 22.2. The summed E-state index contributed by atoms with van der Waals surface area (Å²) in [5, 5.41) is 5.96. The van der Waals surface area contributed by atoms with Gasteiger partial charge in [0.05, 0.1) is 6.61 Å². The summed E-state index contributed by atoms with van der Waals surface area (Å²) in [6.07, 6.45) is 1.98. The van der Waals surface area contributed by atoms with Crippen LogP contribution in [0.4, 0.5) is 4.79 Å². The molecule has 1 aliphatic heterocycles. The summed E-state index contributed by atoms with van der Waals surface area (Å²) < 4.78 is 5.45. The smallest absolute Gasteiger partial charge is 0.317 e. The molecule has 166 valence electrons. The second-order valence-corrected chi connectivity index (χ2v) is 8.27. The first-order valence-electron chi connectivity index (χ1n) is 11.1. The van der Waals surface area contributed by atoms with Crippen molar-refractivity contribution in [3.05, 3.63) is 65.2 Å². The quantitative estimate of drug-likeness (QED) is 0.697. The van der Waals surface area contributed by atoms with Crippen LogP contribution in [0.25, 0.3) is 0 Å². The van der Waals surface area contributed by atoms with Gasteiger partial charge in [-0.1, -0.05) is 24.3 Å². The molecule has 1 atom stereocenters. The molecule has 0 bridgehead atoms. The Labute approximate surface area is 185 Å². The fourth-order valence-corrected chi connectivity index (χ4v) is 3.86. The van der Waals surface area contributed by atoms with E-state index in [-0.39, 0.29) is 23.9 Å². The van der Waals surface area contributed by atoms with Crippen molar-refractivity contribution in [2.45, 2.75) is 52.1 Å². The van der Waals surface area contributed by atoms with Crippen molar-refractivity contribution < 1.29 is 14.3 Å². The van der Waals surface area contributed by atoms with E-state index in [9.17, 15) is 9.59 Å². The molecule has 0 saturated carbocycles. The number of hydrogen-bond donors (Lipinski definition) is 2. The van der Waals surface area contributed by atoms with Crippen molar-refractivity contribution in [1.29, 1.82) is 0 Å². The minimum absolute atomic E-state index is 0.0102. The van der Waals surface area contributed by atoms with Crippen molar-refractivity contribution >= 4 is 11.9 Å². The number of hydrogen-bond acceptors (Lipinski definition) is 3. The number of carbonyl (C=O) groups excluding carboxylic acids is 2. The molecular formula is C25H33N3O3. The van der Waals surface area contributed by atoms with Crippen LogP contribution in [0.2, 0.25) is 0 Å². The first kappa shape index (κ1) is 22.7. The van der Waals surface area contributed by atoms with Crippen LogP contribution in [0.5, 0.6) is 5.75 Å². The van der Waals surface area contributed by atoms with Gasteiger partial charge >= 0.3 is 6.03 Å².